The van der Waals surface area contributed by atoms with Gasteiger partial charge in [0.15, 0.2) is 0 Å². The van der Waals surface area contributed by atoms with E-state index < -0.39 is 0 Å². The van der Waals surface area contributed by atoms with E-state index in [2.05, 4.69) is 27.1 Å². The van der Waals surface area contributed by atoms with Gasteiger partial charge in [-0.3, -0.25) is 0 Å². The summed E-state index contributed by atoms with van der Waals surface area (Å²) in [5.74, 6) is 1.54. The lowest BCUT2D eigenvalue weighted by Gasteiger charge is -2.37. The van der Waals surface area contributed by atoms with Crippen LogP contribution in [0.15, 0.2) is 6.07 Å². The molecular weight excluding hydrogens is 240 g/mol. The Labute approximate surface area is 114 Å². The smallest absolute Gasteiger partial charge is 0.223 e. The zero-order valence-electron chi connectivity index (χ0n) is 11.6. The zero-order chi connectivity index (χ0) is 13.7. The maximum absolute atomic E-state index is 5.76. The highest BCUT2D eigenvalue weighted by Gasteiger charge is 2.23. The average molecular weight is 264 g/mol. The fraction of sp³-hybridized carbons (Fsp3) is 0.692. The quantitative estimate of drug-likeness (QED) is 0.687. The number of unbranched alkanes of at least 4 members (excludes halogenated alkanes) is 2. The molecule has 1 aliphatic rings. The van der Waals surface area contributed by atoms with Gasteiger partial charge in [-0.25, -0.2) is 0 Å². The second kappa shape index (κ2) is 6.56. The number of nitrogen functional groups attached to an aromatic ring is 2. The first-order valence-corrected chi connectivity index (χ1v) is 7.08. The predicted octanol–water partition coefficient (Wildman–Crippen LogP) is 1.000. The fourth-order valence-corrected chi connectivity index (χ4v) is 2.57. The minimum absolute atomic E-state index is 0.251. The van der Waals surface area contributed by atoms with Crippen molar-refractivity contribution in [3.8, 4) is 0 Å². The van der Waals surface area contributed by atoms with Gasteiger partial charge < -0.3 is 21.7 Å². The normalized spacial score (nSPS) is 19.6. The number of anilines is 3. The molecule has 6 heteroatoms. The van der Waals surface area contributed by atoms with Gasteiger partial charge in [0, 0.05) is 31.7 Å². The van der Waals surface area contributed by atoms with Crippen molar-refractivity contribution in [1.29, 1.82) is 0 Å². The topological polar surface area (TPSA) is 93.1 Å². The molecule has 1 unspecified atom stereocenters. The number of nitrogens with one attached hydrogen (secondary N) is 1. The van der Waals surface area contributed by atoms with Crippen molar-refractivity contribution in [2.75, 3.05) is 36.0 Å². The highest BCUT2D eigenvalue weighted by atomic mass is 15.3. The van der Waals surface area contributed by atoms with Crippen molar-refractivity contribution in [2.45, 2.75) is 38.6 Å². The van der Waals surface area contributed by atoms with E-state index in [9.17, 15) is 0 Å². The molecule has 1 aromatic rings. The molecule has 2 rings (SSSR count). The molecule has 0 aliphatic carbocycles. The Hall–Kier alpha value is -1.56. The van der Waals surface area contributed by atoms with E-state index in [4.69, 9.17) is 11.5 Å². The van der Waals surface area contributed by atoms with Crippen LogP contribution >= 0.6 is 0 Å². The number of piperazine rings is 1. The molecule has 0 saturated carbocycles. The number of nitrogens with two attached hydrogens (primary N) is 2. The number of nitrogens with zero attached hydrogens (tertiary/aromatic N) is 3. The van der Waals surface area contributed by atoms with Crippen LogP contribution in [0.25, 0.3) is 0 Å². The second-order valence-corrected chi connectivity index (χ2v) is 5.06. The number of aromatic nitrogens is 2. The molecule has 1 saturated heterocycles. The van der Waals surface area contributed by atoms with E-state index in [0.29, 0.717) is 11.9 Å². The lowest BCUT2D eigenvalue weighted by Crippen LogP contribution is -2.51. The number of hydrogen-bond acceptors (Lipinski definition) is 6. The van der Waals surface area contributed by atoms with Gasteiger partial charge in [0.1, 0.15) is 11.6 Å². The molecule has 1 aliphatic heterocycles. The summed E-state index contributed by atoms with van der Waals surface area (Å²) in [5.41, 5.74) is 11.4. The summed E-state index contributed by atoms with van der Waals surface area (Å²) in [4.78, 5) is 10.6. The summed E-state index contributed by atoms with van der Waals surface area (Å²) in [5, 5.41) is 3.44. The third kappa shape index (κ3) is 3.70. The van der Waals surface area contributed by atoms with Crippen LogP contribution in [0.1, 0.15) is 32.6 Å². The largest absolute Gasteiger partial charge is 0.383 e. The van der Waals surface area contributed by atoms with Gasteiger partial charge in [-0.1, -0.05) is 26.2 Å². The summed E-state index contributed by atoms with van der Waals surface area (Å²) in [6.07, 6.45) is 4.94. The van der Waals surface area contributed by atoms with Gasteiger partial charge in [0.25, 0.3) is 0 Å². The standard InChI is InChI=1S/C13H24N6/c1-2-3-4-5-10-9-16-6-7-19(10)12-8-11(14)17-13(15)18-12/h8,10,16H,2-7,9H2,1H3,(H4,14,15,17,18). The number of rotatable bonds is 5. The Kier molecular flexibility index (Phi) is 4.79. The van der Waals surface area contributed by atoms with Gasteiger partial charge in [0.2, 0.25) is 5.95 Å². The zero-order valence-corrected chi connectivity index (χ0v) is 11.6. The molecular formula is C13H24N6. The Morgan fingerprint density at radius 3 is 2.95 bits per heavy atom. The summed E-state index contributed by atoms with van der Waals surface area (Å²) in [7, 11) is 0. The molecule has 2 heterocycles. The van der Waals surface area contributed by atoms with E-state index >= 15 is 0 Å². The average Bonchev–Trinajstić information content (AvgIpc) is 2.38. The highest BCUT2D eigenvalue weighted by Crippen LogP contribution is 2.21. The van der Waals surface area contributed by atoms with Crippen LogP contribution < -0.4 is 21.7 Å². The molecule has 0 radical (unpaired) electrons. The van der Waals surface area contributed by atoms with E-state index in [1.165, 1.54) is 25.7 Å². The Morgan fingerprint density at radius 1 is 1.37 bits per heavy atom. The summed E-state index contributed by atoms with van der Waals surface area (Å²) in [6.45, 7) is 5.12. The van der Waals surface area contributed by atoms with Gasteiger partial charge in [-0.05, 0) is 6.42 Å². The van der Waals surface area contributed by atoms with Crippen molar-refractivity contribution in [2.24, 2.45) is 0 Å². The van der Waals surface area contributed by atoms with Crippen LogP contribution in [0.3, 0.4) is 0 Å². The van der Waals surface area contributed by atoms with Crippen LogP contribution in [0.4, 0.5) is 17.6 Å². The lowest BCUT2D eigenvalue weighted by molar-refractivity contribution is 0.436. The van der Waals surface area contributed by atoms with Gasteiger partial charge in [-0.2, -0.15) is 9.97 Å². The van der Waals surface area contributed by atoms with Crippen LogP contribution in [-0.2, 0) is 0 Å². The van der Waals surface area contributed by atoms with E-state index in [-0.39, 0.29) is 5.95 Å². The first-order chi connectivity index (χ1) is 9.20. The first kappa shape index (κ1) is 13.9. The van der Waals surface area contributed by atoms with Gasteiger partial charge in [0.05, 0.1) is 0 Å². The molecule has 1 atom stereocenters. The summed E-state index contributed by atoms with van der Waals surface area (Å²) in [6, 6.07) is 2.28. The van der Waals surface area contributed by atoms with Crippen molar-refractivity contribution in [3.05, 3.63) is 6.07 Å². The van der Waals surface area contributed by atoms with Crippen molar-refractivity contribution >= 4 is 17.6 Å². The Bertz CT molecular complexity index is 388. The molecule has 0 spiro atoms. The minimum atomic E-state index is 0.251. The second-order valence-electron chi connectivity index (χ2n) is 5.06. The molecule has 1 aromatic heterocycles. The van der Waals surface area contributed by atoms with Crippen LogP contribution in [0, 0.1) is 0 Å². The monoisotopic (exact) mass is 264 g/mol. The van der Waals surface area contributed by atoms with E-state index in [1.54, 1.807) is 0 Å². The minimum Gasteiger partial charge on any atom is -0.383 e. The van der Waals surface area contributed by atoms with Crippen molar-refractivity contribution in [1.82, 2.24) is 15.3 Å². The molecule has 106 valence electrons. The SMILES string of the molecule is CCCCCC1CNCCN1c1cc(N)nc(N)n1. The van der Waals surface area contributed by atoms with E-state index in [0.717, 1.165) is 25.5 Å². The third-order valence-corrected chi connectivity index (χ3v) is 3.54. The molecule has 0 aromatic carbocycles. The number of hydrogen-bond donors (Lipinski definition) is 3. The maximum atomic E-state index is 5.76. The maximum Gasteiger partial charge on any atom is 0.223 e. The molecule has 6 nitrogen and oxygen atoms in total. The predicted molar refractivity (Wildman–Crippen MR) is 79.0 cm³/mol. The van der Waals surface area contributed by atoms with E-state index in [1.807, 2.05) is 6.07 Å². The molecule has 19 heavy (non-hydrogen) atoms. The van der Waals surface area contributed by atoms with Crippen molar-refractivity contribution in [3.63, 3.8) is 0 Å². The fourth-order valence-electron chi connectivity index (χ4n) is 2.57. The third-order valence-electron chi connectivity index (χ3n) is 3.54. The van der Waals surface area contributed by atoms with Crippen molar-refractivity contribution < 1.29 is 0 Å². The van der Waals surface area contributed by atoms with Gasteiger partial charge >= 0.3 is 0 Å². The summed E-state index contributed by atoms with van der Waals surface area (Å²) >= 11 is 0. The van der Waals surface area contributed by atoms with Crippen LogP contribution in [-0.4, -0.2) is 35.6 Å². The lowest BCUT2D eigenvalue weighted by atomic mass is 10.1. The Morgan fingerprint density at radius 2 is 2.21 bits per heavy atom. The molecule has 0 bridgehead atoms. The highest BCUT2D eigenvalue weighted by molar-refractivity contribution is 5.51. The van der Waals surface area contributed by atoms with Gasteiger partial charge in [-0.15, -0.1) is 0 Å². The molecule has 1 fully saturated rings. The summed E-state index contributed by atoms with van der Waals surface area (Å²) < 4.78 is 0. The first-order valence-electron chi connectivity index (χ1n) is 7.08. The molecule has 5 N–H and O–H groups in total. The Balaban J connectivity index is 2.09. The van der Waals surface area contributed by atoms with Crippen LogP contribution in [0.5, 0.6) is 0 Å². The molecule has 0 amide bonds. The van der Waals surface area contributed by atoms with Crippen LogP contribution in [0.2, 0.25) is 0 Å².